The van der Waals surface area contributed by atoms with Crippen LogP contribution in [0.5, 0.6) is 0 Å². The average molecular weight is 411 g/mol. The number of amides is 2. The number of aromatic nitrogens is 3. The summed E-state index contributed by atoms with van der Waals surface area (Å²) in [5.41, 5.74) is 5.09. The van der Waals surface area contributed by atoms with Crippen molar-refractivity contribution in [1.82, 2.24) is 19.9 Å². The van der Waals surface area contributed by atoms with E-state index in [0.717, 1.165) is 51.9 Å². The maximum Gasteiger partial charge on any atom is 0.268 e. The Morgan fingerprint density at radius 2 is 2.06 bits per heavy atom. The lowest BCUT2D eigenvalue weighted by atomic mass is 9.75. The highest BCUT2D eigenvalue weighted by atomic mass is 16.2. The van der Waals surface area contributed by atoms with Gasteiger partial charge in [0.05, 0.1) is 16.6 Å². The van der Waals surface area contributed by atoms with E-state index < -0.39 is 0 Å². The second kappa shape index (κ2) is 6.31. The first-order valence-corrected chi connectivity index (χ1v) is 10.4. The van der Waals surface area contributed by atoms with Crippen LogP contribution in [0.3, 0.4) is 0 Å². The lowest BCUT2D eigenvalue weighted by Crippen LogP contribution is -2.55. The zero-order valence-corrected chi connectivity index (χ0v) is 16.9. The van der Waals surface area contributed by atoms with E-state index in [1.54, 1.807) is 0 Å². The van der Waals surface area contributed by atoms with E-state index in [-0.39, 0.29) is 17.4 Å². The molecule has 7 heteroatoms. The standard InChI is InChI=1S/C24H21N5O2/c1-2-21(30)26-16-6-7-17-18(12-16)28-22(27-17)15-5-4-14-10-20-23(31)25-13-24(8-3-9-24)29(20)19(14)11-15/h2,4-7,10-12H,1,3,8-9,13H2,(H,25,31)(H,26,30)(H,27,28). The molecule has 1 fully saturated rings. The summed E-state index contributed by atoms with van der Waals surface area (Å²) in [5, 5.41) is 6.89. The first-order chi connectivity index (χ1) is 15.1. The fraction of sp³-hybridized carbons (Fsp3) is 0.208. The number of rotatable bonds is 3. The van der Waals surface area contributed by atoms with Crippen LogP contribution in [0.15, 0.2) is 55.1 Å². The Labute approximate surface area is 178 Å². The summed E-state index contributed by atoms with van der Waals surface area (Å²) in [4.78, 5) is 32.2. The highest BCUT2D eigenvalue weighted by molar-refractivity contribution is 6.01. The van der Waals surface area contributed by atoms with Crippen molar-refractivity contribution in [3.8, 4) is 11.4 Å². The SMILES string of the molecule is C=CC(=O)Nc1ccc2[nH]c(-c3ccc4cc5n(c4c3)C3(CCC3)CNC5=O)nc2c1. The summed E-state index contributed by atoms with van der Waals surface area (Å²) in [5.74, 6) is 0.489. The van der Waals surface area contributed by atoms with Crippen LogP contribution in [0.1, 0.15) is 29.8 Å². The Bertz CT molecular complexity index is 1410. The van der Waals surface area contributed by atoms with Gasteiger partial charge in [-0.2, -0.15) is 0 Å². The third kappa shape index (κ3) is 2.63. The molecular weight excluding hydrogens is 390 g/mol. The minimum Gasteiger partial charge on any atom is -0.348 e. The van der Waals surface area contributed by atoms with Crippen LogP contribution in [0.4, 0.5) is 5.69 Å². The van der Waals surface area contributed by atoms with Crippen molar-refractivity contribution in [1.29, 1.82) is 0 Å². The molecule has 0 saturated heterocycles. The summed E-state index contributed by atoms with van der Waals surface area (Å²) < 4.78 is 2.25. The van der Waals surface area contributed by atoms with Gasteiger partial charge in [0.2, 0.25) is 5.91 Å². The van der Waals surface area contributed by atoms with Crippen molar-refractivity contribution in [2.24, 2.45) is 0 Å². The van der Waals surface area contributed by atoms with Crippen molar-refractivity contribution >= 4 is 39.4 Å². The smallest absolute Gasteiger partial charge is 0.268 e. The molecule has 3 heterocycles. The van der Waals surface area contributed by atoms with E-state index >= 15 is 0 Å². The van der Waals surface area contributed by atoms with Gasteiger partial charge in [-0.15, -0.1) is 0 Å². The van der Waals surface area contributed by atoms with Crippen LogP contribution in [-0.4, -0.2) is 32.9 Å². The quantitative estimate of drug-likeness (QED) is 0.446. The van der Waals surface area contributed by atoms with Crippen molar-refractivity contribution in [2.45, 2.75) is 24.8 Å². The third-order valence-electron chi connectivity index (χ3n) is 6.58. The molecular formula is C24H21N5O2. The summed E-state index contributed by atoms with van der Waals surface area (Å²) in [6.45, 7) is 4.17. The number of carbonyl (C=O) groups excluding carboxylic acids is 2. The molecule has 7 nitrogen and oxygen atoms in total. The number of nitrogens with zero attached hydrogens (tertiary/aromatic N) is 2. The van der Waals surface area contributed by atoms with Gasteiger partial charge in [-0.05, 0) is 55.7 Å². The molecule has 2 aromatic carbocycles. The monoisotopic (exact) mass is 411 g/mol. The molecule has 4 aromatic rings. The number of benzene rings is 2. The van der Waals surface area contributed by atoms with Crippen LogP contribution in [0, 0.1) is 0 Å². The molecule has 154 valence electrons. The van der Waals surface area contributed by atoms with Gasteiger partial charge in [0.15, 0.2) is 0 Å². The van der Waals surface area contributed by atoms with Crippen LogP contribution in [0.2, 0.25) is 0 Å². The molecule has 1 spiro atoms. The maximum absolute atomic E-state index is 12.5. The molecule has 1 aliphatic heterocycles. The summed E-state index contributed by atoms with van der Waals surface area (Å²) >= 11 is 0. The number of fused-ring (bicyclic) bond motifs is 5. The molecule has 6 rings (SSSR count). The highest BCUT2D eigenvalue weighted by Gasteiger charge is 2.44. The molecule has 0 bridgehead atoms. The Hall–Kier alpha value is -3.87. The van der Waals surface area contributed by atoms with Gasteiger partial charge in [0.1, 0.15) is 11.5 Å². The zero-order valence-electron chi connectivity index (χ0n) is 16.9. The summed E-state index contributed by atoms with van der Waals surface area (Å²) in [7, 11) is 0. The van der Waals surface area contributed by atoms with E-state index in [0.29, 0.717) is 12.2 Å². The number of anilines is 1. The predicted octanol–water partition coefficient (Wildman–Crippen LogP) is 3.93. The number of hydrogen-bond acceptors (Lipinski definition) is 3. The lowest BCUT2D eigenvalue weighted by molar-refractivity contribution is -0.111. The van der Waals surface area contributed by atoms with Gasteiger partial charge >= 0.3 is 0 Å². The Morgan fingerprint density at radius 1 is 1.19 bits per heavy atom. The number of imidazole rings is 1. The Kier molecular flexibility index (Phi) is 3.65. The molecule has 0 radical (unpaired) electrons. The molecule has 2 amide bonds. The predicted molar refractivity (Wildman–Crippen MR) is 120 cm³/mol. The van der Waals surface area contributed by atoms with E-state index in [1.165, 1.54) is 12.5 Å². The third-order valence-corrected chi connectivity index (χ3v) is 6.58. The molecule has 1 saturated carbocycles. The fourth-order valence-electron chi connectivity index (χ4n) is 4.84. The number of aromatic amines is 1. The number of H-pyrrole nitrogens is 1. The summed E-state index contributed by atoms with van der Waals surface area (Å²) in [6, 6.07) is 13.8. The lowest BCUT2D eigenvalue weighted by Gasteiger charge is -2.47. The van der Waals surface area contributed by atoms with Gasteiger partial charge in [-0.1, -0.05) is 18.7 Å². The normalized spacial score (nSPS) is 16.7. The number of hydrogen-bond donors (Lipinski definition) is 3. The minimum absolute atomic E-state index is 0.00421. The van der Waals surface area contributed by atoms with Crippen LogP contribution in [0.25, 0.3) is 33.3 Å². The van der Waals surface area contributed by atoms with Gasteiger partial charge < -0.3 is 20.2 Å². The van der Waals surface area contributed by atoms with Gasteiger partial charge in [-0.3, -0.25) is 9.59 Å². The largest absolute Gasteiger partial charge is 0.348 e. The van der Waals surface area contributed by atoms with Crippen molar-refractivity contribution < 1.29 is 9.59 Å². The maximum atomic E-state index is 12.5. The van der Waals surface area contributed by atoms with Crippen molar-refractivity contribution in [3.63, 3.8) is 0 Å². The van der Waals surface area contributed by atoms with E-state index in [1.807, 2.05) is 30.3 Å². The van der Waals surface area contributed by atoms with E-state index in [4.69, 9.17) is 4.98 Å². The number of carbonyl (C=O) groups is 2. The molecule has 2 aromatic heterocycles. The molecule has 0 unspecified atom stereocenters. The first kappa shape index (κ1) is 17.9. The van der Waals surface area contributed by atoms with Gasteiger partial charge in [0.25, 0.3) is 5.91 Å². The van der Waals surface area contributed by atoms with Crippen LogP contribution >= 0.6 is 0 Å². The second-order valence-electron chi connectivity index (χ2n) is 8.41. The average Bonchev–Trinajstić information content (AvgIpc) is 3.34. The fourth-order valence-corrected chi connectivity index (χ4v) is 4.84. The van der Waals surface area contributed by atoms with Crippen LogP contribution in [-0.2, 0) is 10.3 Å². The Balaban J connectivity index is 1.45. The first-order valence-electron chi connectivity index (χ1n) is 10.4. The second-order valence-corrected chi connectivity index (χ2v) is 8.41. The van der Waals surface area contributed by atoms with Gasteiger partial charge in [-0.25, -0.2) is 4.98 Å². The molecule has 2 aliphatic rings. The highest BCUT2D eigenvalue weighted by Crippen LogP contribution is 2.44. The zero-order chi connectivity index (χ0) is 21.2. The van der Waals surface area contributed by atoms with Crippen molar-refractivity contribution in [3.05, 3.63) is 60.8 Å². The number of nitrogens with one attached hydrogen (secondary N) is 3. The topological polar surface area (TPSA) is 91.8 Å². The molecule has 0 atom stereocenters. The molecule has 31 heavy (non-hydrogen) atoms. The van der Waals surface area contributed by atoms with Crippen molar-refractivity contribution in [2.75, 3.05) is 11.9 Å². The molecule has 3 N–H and O–H groups in total. The van der Waals surface area contributed by atoms with Crippen LogP contribution < -0.4 is 10.6 Å². The molecule has 1 aliphatic carbocycles. The van der Waals surface area contributed by atoms with E-state index in [9.17, 15) is 9.59 Å². The van der Waals surface area contributed by atoms with Gasteiger partial charge in [0, 0.05) is 28.7 Å². The van der Waals surface area contributed by atoms with E-state index in [2.05, 4.69) is 38.9 Å². The Morgan fingerprint density at radius 3 is 2.84 bits per heavy atom. The summed E-state index contributed by atoms with van der Waals surface area (Å²) in [6.07, 6.45) is 4.59. The minimum atomic E-state index is -0.257.